The van der Waals surface area contributed by atoms with E-state index in [1.54, 1.807) is 47.6 Å². The van der Waals surface area contributed by atoms with Gasteiger partial charge in [-0.3, -0.25) is 0 Å². The maximum atomic E-state index is 14.6. The molecule has 2 N–H and O–H groups in total. The Morgan fingerprint density at radius 1 is 1.11 bits per heavy atom. The van der Waals surface area contributed by atoms with Crippen molar-refractivity contribution in [1.82, 2.24) is 29.8 Å². The van der Waals surface area contributed by atoms with Crippen LogP contribution in [-0.2, 0) is 6.18 Å². The number of aromatic nitrogens is 5. The quantitative estimate of drug-likeness (QED) is 0.334. The fourth-order valence-corrected chi connectivity index (χ4v) is 5.61. The first kappa shape index (κ1) is 24.5. The van der Waals surface area contributed by atoms with Crippen molar-refractivity contribution in [3.05, 3.63) is 54.6 Å². The number of piperazine rings is 1. The van der Waals surface area contributed by atoms with Gasteiger partial charge in [0, 0.05) is 44.1 Å². The summed E-state index contributed by atoms with van der Waals surface area (Å²) in [6.45, 7) is 2.30. The monoisotopic (exact) mass is 541 g/mol. The molecule has 1 saturated heterocycles. The molecule has 196 valence electrons. The minimum absolute atomic E-state index is 0.0511. The molecular formula is C25H22F3N7O2S. The first-order valence-corrected chi connectivity index (χ1v) is 12.7. The van der Waals surface area contributed by atoms with Gasteiger partial charge in [-0.1, -0.05) is 18.2 Å². The number of thiophene rings is 1. The Morgan fingerprint density at radius 2 is 1.92 bits per heavy atom. The van der Waals surface area contributed by atoms with Crippen LogP contribution in [0.3, 0.4) is 0 Å². The number of rotatable bonds is 6. The van der Waals surface area contributed by atoms with Crippen LogP contribution in [-0.4, -0.2) is 69.0 Å². The van der Waals surface area contributed by atoms with Crippen LogP contribution in [0.2, 0.25) is 0 Å². The minimum Gasteiger partial charge on any atom is -0.474 e. The van der Waals surface area contributed by atoms with E-state index in [9.17, 15) is 18.3 Å². The number of anilines is 1. The summed E-state index contributed by atoms with van der Waals surface area (Å²) in [4.78, 5) is 19.9. The highest BCUT2D eigenvalue weighted by molar-refractivity contribution is 7.25. The molecule has 0 bridgehead atoms. The zero-order chi connectivity index (χ0) is 26.3. The van der Waals surface area contributed by atoms with Gasteiger partial charge in [0.2, 0.25) is 11.8 Å². The summed E-state index contributed by atoms with van der Waals surface area (Å²) in [5.41, 5.74) is 0.658. The van der Waals surface area contributed by atoms with E-state index < -0.39 is 11.7 Å². The maximum Gasteiger partial charge on any atom is 0.417 e. The van der Waals surface area contributed by atoms with Gasteiger partial charge >= 0.3 is 6.18 Å². The van der Waals surface area contributed by atoms with Gasteiger partial charge in [0.15, 0.2) is 0 Å². The standard InChI is InChI=1S/C25H22F3N7O2S/c26-25(27,28)16-13-17(15-3-1-2-4-18(15)35-10-7-30-14-35)31-23-19(16)20-21(38-23)22(37-12-11-36)33-24(32-20)34-8-5-29-6-9-34/h1-4,7,10,13-14,29,36H,5-6,8-9,11-12H2. The van der Waals surface area contributed by atoms with Crippen LogP contribution < -0.4 is 15.0 Å². The van der Waals surface area contributed by atoms with Crippen molar-refractivity contribution in [2.45, 2.75) is 6.18 Å². The molecule has 1 aliphatic heterocycles. The zero-order valence-corrected chi connectivity index (χ0v) is 20.8. The van der Waals surface area contributed by atoms with Crippen LogP contribution in [0.5, 0.6) is 5.88 Å². The number of fused-ring (bicyclic) bond motifs is 3. The van der Waals surface area contributed by atoms with Gasteiger partial charge in [0.25, 0.3) is 0 Å². The normalized spacial score (nSPS) is 14.5. The maximum absolute atomic E-state index is 14.6. The Bertz CT molecular complexity index is 1600. The molecule has 4 aromatic heterocycles. The van der Waals surface area contributed by atoms with E-state index in [1.165, 1.54) is 0 Å². The van der Waals surface area contributed by atoms with Crippen LogP contribution in [0.1, 0.15) is 5.56 Å². The lowest BCUT2D eigenvalue weighted by atomic mass is 10.0. The average Bonchev–Trinajstić information content (AvgIpc) is 3.59. The summed E-state index contributed by atoms with van der Waals surface area (Å²) in [6, 6.07) is 8.17. The van der Waals surface area contributed by atoms with Gasteiger partial charge in [-0.25, -0.2) is 15.0 Å². The van der Waals surface area contributed by atoms with Gasteiger partial charge in [-0.15, -0.1) is 11.3 Å². The molecule has 0 saturated carbocycles. The van der Waals surface area contributed by atoms with E-state index in [2.05, 4.69) is 25.3 Å². The number of ether oxygens (including phenoxy) is 1. The summed E-state index contributed by atoms with van der Waals surface area (Å²) in [5.74, 6) is 0.420. The van der Waals surface area contributed by atoms with Gasteiger partial charge < -0.3 is 24.6 Å². The van der Waals surface area contributed by atoms with Gasteiger partial charge in [0.1, 0.15) is 21.7 Å². The summed E-state index contributed by atoms with van der Waals surface area (Å²) in [5, 5.41) is 12.5. The van der Waals surface area contributed by atoms with Gasteiger partial charge in [-0.05, 0) is 12.1 Å². The molecule has 13 heteroatoms. The number of nitrogens with one attached hydrogen (secondary N) is 1. The van der Waals surface area contributed by atoms with Gasteiger partial charge in [-0.2, -0.15) is 18.2 Å². The molecule has 5 aromatic rings. The number of para-hydroxylation sites is 1. The largest absolute Gasteiger partial charge is 0.474 e. The molecule has 9 nitrogen and oxygen atoms in total. The van der Waals surface area contributed by atoms with Crippen LogP contribution in [0, 0.1) is 0 Å². The summed E-state index contributed by atoms with van der Waals surface area (Å²) < 4.78 is 51.5. The molecule has 0 radical (unpaired) electrons. The summed E-state index contributed by atoms with van der Waals surface area (Å²) in [7, 11) is 0. The van der Waals surface area contributed by atoms with Crippen molar-refractivity contribution in [3.63, 3.8) is 0 Å². The number of hydrogen-bond donors (Lipinski definition) is 2. The number of nitrogens with zero attached hydrogens (tertiary/aromatic N) is 6. The van der Waals surface area contributed by atoms with Crippen LogP contribution in [0.15, 0.2) is 49.1 Å². The molecule has 6 rings (SSSR count). The highest BCUT2D eigenvalue weighted by Crippen LogP contribution is 2.45. The Hall–Kier alpha value is -3.81. The number of pyridine rings is 1. The third kappa shape index (κ3) is 4.42. The molecule has 0 aliphatic carbocycles. The Labute approximate surface area is 218 Å². The average molecular weight is 542 g/mol. The molecule has 0 spiro atoms. The van der Waals surface area contributed by atoms with Crippen molar-refractivity contribution < 1.29 is 23.0 Å². The molecular weight excluding hydrogens is 519 g/mol. The van der Waals surface area contributed by atoms with E-state index in [4.69, 9.17) is 4.74 Å². The van der Waals surface area contributed by atoms with Crippen molar-refractivity contribution in [1.29, 1.82) is 0 Å². The van der Waals surface area contributed by atoms with Crippen LogP contribution >= 0.6 is 11.3 Å². The molecule has 0 amide bonds. The van der Waals surface area contributed by atoms with E-state index in [1.807, 2.05) is 4.90 Å². The van der Waals surface area contributed by atoms with Crippen molar-refractivity contribution in [2.75, 3.05) is 44.3 Å². The third-order valence-electron chi connectivity index (χ3n) is 6.24. The third-order valence-corrected chi connectivity index (χ3v) is 7.30. The fourth-order valence-electron chi connectivity index (χ4n) is 4.53. The van der Waals surface area contributed by atoms with Crippen molar-refractivity contribution in [3.8, 4) is 22.8 Å². The summed E-state index contributed by atoms with van der Waals surface area (Å²) >= 11 is 1.04. The van der Waals surface area contributed by atoms with E-state index in [-0.39, 0.29) is 46.5 Å². The lowest BCUT2D eigenvalue weighted by Crippen LogP contribution is -2.44. The highest BCUT2D eigenvalue weighted by atomic mass is 32.1. The predicted octanol–water partition coefficient (Wildman–Crippen LogP) is 3.89. The number of alkyl halides is 3. The first-order chi connectivity index (χ1) is 18.4. The number of hydrogen-bond acceptors (Lipinski definition) is 9. The second-order valence-electron chi connectivity index (χ2n) is 8.64. The molecule has 1 fully saturated rings. The molecule has 1 aromatic carbocycles. The number of aliphatic hydroxyl groups is 1. The molecule has 0 unspecified atom stereocenters. The Kier molecular flexibility index (Phi) is 6.33. The molecule has 1 aliphatic rings. The second kappa shape index (κ2) is 9.82. The molecule has 0 atom stereocenters. The molecule has 5 heterocycles. The number of benzene rings is 1. The topological polar surface area (TPSA) is 101 Å². The number of imidazole rings is 1. The summed E-state index contributed by atoms with van der Waals surface area (Å²) in [6.07, 6.45) is 0.238. The van der Waals surface area contributed by atoms with E-state index in [0.717, 1.165) is 17.4 Å². The number of halogens is 3. The first-order valence-electron chi connectivity index (χ1n) is 11.9. The highest BCUT2D eigenvalue weighted by Gasteiger charge is 2.36. The van der Waals surface area contributed by atoms with E-state index >= 15 is 0 Å². The smallest absolute Gasteiger partial charge is 0.417 e. The van der Waals surface area contributed by atoms with Crippen LogP contribution in [0.25, 0.3) is 37.4 Å². The predicted molar refractivity (Wildman–Crippen MR) is 138 cm³/mol. The van der Waals surface area contributed by atoms with Gasteiger partial charge in [0.05, 0.1) is 35.3 Å². The molecule has 38 heavy (non-hydrogen) atoms. The Balaban J connectivity index is 1.61. The zero-order valence-electron chi connectivity index (χ0n) is 19.9. The number of aliphatic hydroxyl groups excluding tert-OH is 1. The van der Waals surface area contributed by atoms with Crippen LogP contribution in [0.4, 0.5) is 19.1 Å². The van der Waals surface area contributed by atoms with Crippen molar-refractivity contribution >= 4 is 37.7 Å². The lowest BCUT2D eigenvalue weighted by molar-refractivity contribution is -0.136. The second-order valence-corrected chi connectivity index (χ2v) is 9.64. The minimum atomic E-state index is -4.67. The SMILES string of the molecule is OCCOc1nc(N2CCNCC2)nc2c1sc1nc(-c3ccccc3-n3ccnc3)cc(C(F)(F)F)c12. The van der Waals surface area contributed by atoms with E-state index in [0.29, 0.717) is 42.1 Å². The lowest BCUT2D eigenvalue weighted by Gasteiger charge is -2.27. The van der Waals surface area contributed by atoms with Crippen molar-refractivity contribution in [2.24, 2.45) is 0 Å². The fraction of sp³-hybridized carbons (Fsp3) is 0.280. The Morgan fingerprint density at radius 3 is 2.66 bits per heavy atom.